The van der Waals surface area contributed by atoms with Gasteiger partial charge in [-0.05, 0) is 30.3 Å². The van der Waals surface area contributed by atoms with Gasteiger partial charge in [0, 0.05) is 18.0 Å². The predicted octanol–water partition coefficient (Wildman–Crippen LogP) is 2.13. The van der Waals surface area contributed by atoms with Crippen molar-refractivity contribution >= 4 is 28.5 Å². The Morgan fingerprint density at radius 2 is 1.81 bits per heavy atom. The average Bonchev–Trinajstić information content (AvgIpc) is 3.10. The zero-order valence-corrected chi connectivity index (χ0v) is 15.6. The molecule has 0 saturated heterocycles. The minimum absolute atomic E-state index is 0.0132. The number of sulfonamides is 1. The first-order valence-corrected chi connectivity index (χ1v) is 9.68. The molecule has 3 aromatic rings. The van der Waals surface area contributed by atoms with E-state index in [0.717, 1.165) is 11.3 Å². The van der Waals surface area contributed by atoms with Crippen LogP contribution in [0.5, 0.6) is 0 Å². The summed E-state index contributed by atoms with van der Waals surface area (Å²) in [5.74, 6) is 0. The maximum absolute atomic E-state index is 11.4. The molecule has 0 radical (unpaired) electrons. The number of carbonyl (C=O) groups excluding carboxylic acids is 1. The van der Waals surface area contributed by atoms with Gasteiger partial charge < -0.3 is 5.32 Å². The third kappa shape index (κ3) is 4.42. The summed E-state index contributed by atoms with van der Waals surface area (Å²) in [5, 5.41) is 12.2. The van der Waals surface area contributed by atoms with Crippen LogP contribution in [-0.2, 0) is 29.0 Å². The second kappa shape index (κ2) is 7.74. The van der Waals surface area contributed by atoms with Crippen LogP contribution in [0.25, 0.3) is 16.9 Å². The summed E-state index contributed by atoms with van der Waals surface area (Å²) in [6.07, 6.45) is 0. The van der Waals surface area contributed by atoms with Gasteiger partial charge in [0.15, 0.2) is 0 Å². The minimum Gasteiger partial charge on any atom is -0.330 e. The molecule has 0 aliphatic carbocycles. The number of nitrogens with zero attached hydrogens (tertiary/aromatic N) is 3. The summed E-state index contributed by atoms with van der Waals surface area (Å²) >= 11 is 4.34. The van der Waals surface area contributed by atoms with Crippen LogP contribution in [0.3, 0.4) is 0 Å². The minimum atomic E-state index is -3.78. The van der Waals surface area contributed by atoms with E-state index in [1.807, 2.05) is 36.4 Å². The molecule has 8 nitrogen and oxygen atoms in total. The van der Waals surface area contributed by atoms with Crippen LogP contribution in [0.15, 0.2) is 69.9 Å². The number of primary sulfonamides is 1. The first kappa shape index (κ1) is 18.8. The van der Waals surface area contributed by atoms with Gasteiger partial charge in [0.2, 0.25) is 10.0 Å². The zero-order valence-electron chi connectivity index (χ0n) is 13.9. The molecule has 0 unspecified atom stereocenters. The number of rotatable bonds is 5. The van der Waals surface area contributed by atoms with Gasteiger partial charge in [-0.1, -0.05) is 30.3 Å². The summed E-state index contributed by atoms with van der Waals surface area (Å²) in [6.45, 7) is 0.154. The molecular formula is C17H15N5O3S2. The van der Waals surface area contributed by atoms with Crippen molar-refractivity contribution in [2.45, 2.75) is 11.4 Å². The Balaban J connectivity index is 2.03. The Morgan fingerprint density at radius 3 is 2.41 bits per heavy atom. The Hall–Kier alpha value is -2.95. The van der Waals surface area contributed by atoms with Gasteiger partial charge >= 0.3 is 6.03 Å². The maximum atomic E-state index is 11.4. The standard InChI is InChI=1S/C17H15N5O3S2/c18-27(24,25)15-8-6-14(7-9-15)22-16(12-4-2-1-3-5-12)10-13(20-22)11-19-17(23)21-26/h1-10H,11H2,(H,19,23)(H2,18,24,25). The lowest BCUT2D eigenvalue weighted by Gasteiger charge is -2.08. The summed E-state index contributed by atoms with van der Waals surface area (Å²) in [6, 6.07) is 16.8. The van der Waals surface area contributed by atoms with Crippen molar-refractivity contribution in [1.29, 1.82) is 0 Å². The van der Waals surface area contributed by atoms with Crippen molar-refractivity contribution in [3.8, 4) is 16.9 Å². The first-order valence-electron chi connectivity index (χ1n) is 7.77. The highest BCUT2D eigenvalue weighted by Gasteiger charge is 2.14. The van der Waals surface area contributed by atoms with Crippen LogP contribution >= 0.6 is 0 Å². The van der Waals surface area contributed by atoms with Gasteiger partial charge in [-0.2, -0.15) is 5.10 Å². The van der Waals surface area contributed by atoms with E-state index in [4.69, 9.17) is 5.14 Å². The zero-order chi connectivity index (χ0) is 19.4. The number of nitrogens with one attached hydrogen (secondary N) is 1. The van der Waals surface area contributed by atoms with E-state index in [1.54, 1.807) is 16.8 Å². The lowest BCUT2D eigenvalue weighted by molar-refractivity contribution is 0.249. The third-order valence-corrected chi connectivity index (χ3v) is 4.84. The summed E-state index contributed by atoms with van der Waals surface area (Å²) < 4.78 is 27.7. The fourth-order valence-electron chi connectivity index (χ4n) is 2.50. The van der Waals surface area contributed by atoms with E-state index < -0.39 is 16.1 Å². The topological polar surface area (TPSA) is 119 Å². The molecule has 0 fully saturated rings. The van der Waals surface area contributed by atoms with Gasteiger partial charge in [0.1, 0.15) is 0 Å². The number of benzene rings is 2. The lowest BCUT2D eigenvalue weighted by atomic mass is 10.1. The van der Waals surface area contributed by atoms with Gasteiger partial charge in [-0.15, -0.1) is 4.36 Å². The maximum Gasteiger partial charge on any atom is 0.352 e. The number of urea groups is 1. The molecule has 2 amide bonds. The average molecular weight is 401 g/mol. The monoisotopic (exact) mass is 401 g/mol. The van der Waals surface area contributed by atoms with Crippen LogP contribution in [0.2, 0.25) is 0 Å². The highest BCUT2D eigenvalue weighted by Crippen LogP contribution is 2.24. The van der Waals surface area contributed by atoms with Crippen LogP contribution in [0.4, 0.5) is 4.79 Å². The van der Waals surface area contributed by atoms with E-state index >= 15 is 0 Å². The van der Waals surface area contributed by atoms with Crippen molar-refractivity contribution in [2.75, 3.05) is 0 Å². The Morgan fingerprint density at radius 1 is 1.15 bits per heavy atom. The van der Waals surface area contributed by atoms with Crippen LogP contribution in [0.1, 0.15) is 5.69 Å². The predicted molar refractivity (Wildman–Crippen MR) is 102 cm³/mol. The molecule has 3 N–H and O–H groups in total. The molecule has 0 atom stereocenters. The molecule has 1 aromatic heterocycles. The molecule has 0 bridgehead atoms. The van der Waals surface area contributed by atoms with E-state index in [9.17, 15) is 13.2 Å². The normalized spacial score (nSPS) is 11.1. The van der Waals surface area contributed by atoms with Gasteiger partial charge in [-0.3, -0.25) is 0 Å². The van der Waals surface area contributed by atoms with Crippen LogP contribution in [0, 0.1) is 0 Å². The largest absolute Gasteiger partial charge is 0.352 e. The van der Waals surface area contributed by atoms with Gasteiger partial charge in [0.25, 0.3) is 0 Å². The van der Waals surface area contributed by atoms with E-state index in [1.165, 1.54) is 12.1 Å². The summed E-state index contributed by atoms with van der Waals surface area (Å²) in [5.41, 5.74) is 2.92. The fraction of sp³-hybridized carbons (Fsp3) is 0.0588. The molecule has 0 spiro atoms. The van der Waals surface area contributed by atoms with Crippen LogP contribution < -0.4 is 10.5 Å². The molecular weight excluding hydrogens is 386 g/mol. The summed E-state index contributed by atoms with van der Waals surface area (Å²) in [7, 11) is -3.78. The quantitative estimate of drug-likeness (QED) is 0.679. The van der Waals surface area contributed by atoms with Gasteiger partial charge in [0.05, 0.1) is 28.5 Å². The second-order valence-corrected chi connectivity index (χ2v) is 7.33. The number of carbonyl (C=O) groups is 1. The smallest absolute Gasteiger partial charge is 0.330 e. The molecule has 27 heavy (non-hydrogen) atoms. The number of amides is 2. The molecule has 0 aliphatic rings. The number of aromatic nitrogens is 2. The number of nitrogens with two attached hydrogens (primary N) is 1. The number of hydrogen-bond donors (Lipinski definition) is 2. The van der Waals surface area contributed by atoms with Crippen LogP contribution in [-0.4, -0.2) is 24.2 Å². The number of hydrogen-bond acceptors (Lipinski definition) is 5. The first-order chi connectivity index (χ1) is 12.9. The second-order valence-electron chi connectivity index (χ2n) is 5.59. The third-order valence-electron chi connectivity index (χ3n) is 3.74. The summed E-state index contributed by atoms with van der Waals surface area (Å²) in [4.78, 5) is 11.3. The van der Waals surface area contributed by atoms with Crippen molar-refractivity contribution in [3.63, 3.8) is 0 Å². The molecule has 3 rings (SSSR count). The molecule has 1 heterocycles. The molecule has 138 valence electrons. The van der Waals surface area contributed by atoms with Gasteiger partial charge in [-0.25, -0.2) is 23.0 Å². The Kier molecular flexibility index (Phi) is 5.40. The lowest BCUT2D eigenvalue weighted by Crippen LogP contribution is -2.18. The Labute approximate surface area is 161 Å². The van der Waals surface area contributed by atoms with Crippen molar-refractivity contribution in [3.05, 3.63) is 66.4 Å². The van der Waals surface area contributed by atoms with Crippen molar-refractivity contribution < 1.29 is 13.2 Å². The molecule has 0 saturated carbocycles. The molecule has 10 heteroatoms. The van der Waals surface area contributed by atoms with E-state index in [-0.39, 0.29) is 11.4 Å². The fourth-order valence-corrected chi connectivity index (χ4v) is 3.08. The van der Waals surface area contributed by atoms with E-state index in [0.29, 0.717) is 11.4 Å². The Bertz CT molecular complexity index is 1080. The highest BCUT2D eigenvalue weighted by molar-refractivity contribution is 7.89. The van der Waals surface area contributed by atoms with Crippen molar-refractivity contribution in [1.82, 2.24) is 15.1 Å². The highest BCUT2D eigenvalue weighted by atomic mass is 32.2. The molecule has 0 aliphatic heterocycles. The van der Waals surface area contributed by atoms with E-state index in [2.05, 4.69) is 27.2 Å². The SMILES string of the molecule is NS(=O)(=O)c1ccc(-n2nc(CNC(=O)N=S)cc2-c2ccccc2)cc1. The van der Waals surface area contributed by atoms with Crippen molar-refractivity contribution in [2.24, 2.45) is 9.50 Å². The molecule has 2 aromatic carbocycles.